The van der Waals surface area contributed by atoms with E-state index in [1.165, 1.54) is 24.7 Å². The van der Waals surface area contributed by atoms with Crippen molar-refractivity contribution < 1.29 is 4.79 Å². The molecule has 0 fully saturated rings. The molecule has 2 rings (SSSR count). The molecule has 2 aromatic heterocycles. The third-order valence-electron chi connectivity index (χ3n) is 1.94. The number of pyridine rings is 1. The van der Waals surface area contributed by atoms with Crippen LogP contribution in [0.25, 0.3) is 0 Å². The molecule has 0 aliphatic rings. The average Bonchev–Trinajstić information content (AvgIpc) is 2.32. The van der Waals surface area contributed by atoms with Crippen LogP contribution in [0.1, 0.15) is 10.4 Å². The van der Waals surface area contributed by atoms with E-state index in [1.807, 2.05) is 0 Å². The molecule has 0 saturated heterocycles. The van der Waals surface area contributed by atoms with E-state index in [0.717, 1.165) is 0 Å². The molecular weight excluding hydrogens is 298 g/mol. The summed E-state index contributed by atoms with van der Waals surface area (Å²) in [6, 6.07) is 2.78. The van der Waals surface area contributed by atoms with E-state index in [4.69, 9.17) is 34.8 Å². The molecule has 8 heteroatoms. The van der Waals surface area contributed by atoms with Gasteiger partial charge in [-0.15, -0.1) is 0 Å². The van der Waals surface area contributed by atoms with Gasteiger partial charge in [0.25, 0.3) is 5.91 Å². The molecule has 5 nitrogen and oxygen atoms in total. The molecule has 0 radical (unpaired) electrons. The molecule has 0 bridgehead atoms. The number of carbonyl (C=O) groups excluding carboxylic acids is 1. The molecule has 0 spiro atoms. The maximum Gasteiger partial charge on any atom is 0.258 e. The first-order valence-electron chi connectivity index (χ1n) is 4.66. The molecule has 1 N–H and O–H groups in total. The molecular formula is C10H5Cl3N4O. The van der Waals surface area contributed by atoms with Crippen molar-refractivity contribution in [3.8, 4) is 0 Å². The smallest absolute Gasteiger partial charge is 0.258 e. The molecule has 0 aliphatic carbocycles. The highest BCUT2D eigenvalue weighted by atomic mass is 35.5. The Morgan fingerprint density at radius 1 is 1.06 bits per heavy atom. The van der Waals surface area contributed by atoms with Crippen molar-refractivity contribution >= 4 is 46.5 Å². The summed E-state index contributed by atoms with van der Waals surface area (Å²) in [5, 5.41) is 3.11. The van der Waals surface area contributed by atoms with Gasteiger partial charge in [0, 0.05) is 12.3 Å². The maximum atomic E-state index is 11.9. The van der Waals surface area contributed by atoms with Gasteiger partial charge in [-0.05, 0) is 6.07 Å². The minimum absolute atomic E-state index is 0.172. The van der Waals surface area contributed by atoms with Gasteiger partial charge < -0.3 is 5.32 Å². The van der Waals surface area contributed by atoms with Crippen molar-refractivity contribution in [1.29, 1.82) is 0 Å². The van der Waals surface area contributed by atoms with Gasteiger partial charge in [-0.25, -0.2) is 15.0 Å². The van der Waals surface area contributed by atoms with Gasteiger partial charge in [0.05, 0.1) is 10.6 Å². The number of halogens is 3. The normalized spacial score (nSPS) is 10.2. The third kappa shape index (κ3) is 3.07. The fraction of sp³-hybridized carbons (Fsp3) is 0. The minimum Gasteiger partial charge on any atom is -0.306 e. The highest BCUT2D eigenvalue weighted by Gasteiger charge is 2.12. The fourth-order valence-electron chi connectivity index (χ4n) is 1.17. The lowest BCUT2D eigenvalue weighted by molar-refractivity contribution is 0.102. The summed E-state index contributed by atoms with van der Waals surface area (Å²) in [6.45, 7) is 0. The summed E-state index contributed by atoms with van der Waals surface area (Å²) < 4.78 is 0. The summed E-state index contributed by atoms with van der Waals surface area (Å²) in [5.41, 5.74) is 0.200. The number of hydrogen-bond acceptors (Lipinski definition) is 4. The number of anilines is 1. The van der Waals surface area contributed by atoms with Gasteiger partial charge in [-0.1, -0.05) is 34.8 Å². The predicted octanol–water partition coefficient (Wildman–Crippen LogP) is 3.08. The number of nitrogens with zero attached hydrogens (tertiary/aromatic N) is 3. The number of nitrogens with one attached hydrogen (secondary N) is 1. The third-order valence-corrected chi connectivity index (χ3v) is 2.66. The Bertz CT molecular complexity index is 605. The number of aromatic nitrogens is 3. The molecule has 2 aromatic rings. The van der Waals surface area contributed by atoms with Crippen molar-refractivity contribution in [3.05, 3.63) is 45.5 Å². The van der Waals surface area contributed by atoms with Gasteiger partial charge in [0.15, 0.2) is 0 Å². The predicted molar refractivity (Wildman–Crippen MR) is 69.3 cm³/mol. The standard InChI is InChI=1S/C10H5Cl3N4O/c11-6-3-14-7(12)1-5(6)10(18)17-9-2-8(13)15-4-16-9/h1-4H,(H,15,16,17,18). The van der Waals surface area contributed by atoms with Crippen LogP contribution in [-0.4, -0.2) is 20.9 Å². The van der Waals surface area contributed by atoms with E-state index in [0.29, 0.717) is 0 Å². The molecule has 0 aromatic carbocycles. The zero-order chi connectivity index (χ0) is 13.1. The highest BCUT2D eigenvalue weighted by Crippen LogP contribution is 2.19. The summed E-state index contributed by atoms with van der Waals surface area (Å²) in [4.78, 5) is 23.2. The Balaban J connectivity index is 2.24. The second kappa shape index (κ2) is 5.48. The molecule has 1 amide bonds. The summed E-state index contributed by atoms with van der Waals surface area (Å²) in [6.07, 6.45) is 2.53. The van der Waals surface area contributed by atoms with Crippen LogP contribution >= 0.6 is 34.8 Å². The average molecular weight is 304 g/mol. The second-order valence-corrected chi connectivity index (χ2v) is 4.35. The van der Waals surface area contributed by atoms with E-state index >= 15 is 0 Å². The van der Waals surface area contributed by atoms with Crippen molar-refractivity contribution in [2.75, 3.05) is 5.32 Å². The van der Waals surface area contributed by atoms with Crippen LogP contribution < -0.4 is 5.32 Å². The van der Waals surface area contributed by atoms with Crippen LogP contribution in [0.15, 0.2) is 24.7 Å². The Morgan fingerprint density at radius 3 is 2.50 bits per heavy atom. The number of rotatable bonds is 2. The van der Waals surface area contributed by atoms with Crippen molar-refractivity contribution in [1.82, 2.24) is 15.0 Å². The largest absolute Gasteiger partial charge is 0.306 e. The van der Waals surface area contributed by atoms with E-state index < -0.39 is 5.91 Å². The number of carbonyl (C=O) groups is 1. The lowest BCUT2D eigenvalue weighted by atomic mass is 10.2. The summed E-state index contributed by atoms with van der Waals surface area (Å²) in [5.74, 6) is -0.192. The number of hydrogen-bond donors (Lipinski definition) is 1. The van der Waals surface area contributed by atoms with Crippen molar-refractivity contribution in [2.24, 2.45) is 0 Å². The molecule has 0 saturated carbocycles. The highest BCUT2D eigenvalue weighted by molar-refractivity contribution is 6.35. The number of amides is 1. The van der Waals surface area contributed by atoms with E-state index in [9.17, 15) is 4.79 Å². The van der Waals surface area contributed by atoms with Crippen molar-refractivity contribution in [3.63, 3.8) is 0 Å². The van der Waals surface area contributed by atoms with E-state index in [-0.39, 0.29) is 26.7 Å². The SMILES string of the molecule is O=C(Nc1cc(Cl)ncn1)c1cc(Cl)ncc1Cl. The first-order valence-corrected chi connectivity index (χ1v) is 5.79. The first kappa shape index (κ1) is 13.0. The monoisotopic (exact) mass is 302 g/mol. The van der Waals surface area contributed by atoms with Crippen LogP contribution in [0, 0.1) is 0 Å². The van der Waals surface area contributed by atoms with Crippen molar-refractivity contribution in [2.45, 2.75) is 0 Å². The lowest BCUT2D eigenvalue weighted by Gasteiger charge is -2.05. The van der Waals surface area contributed by atoms with Crippen LogP contribution in [0.5, 0.6) is 0 Å². The quantitative estimate of drug-likeness (QED) is 0.684. The first-order chi connectivity index (χ1) is 8.56. The molecule has 92 valence electrons. The molecule has 0 aliphatic heterocycles. The molecule has 0 unspecified atom stereocenters. The Labute approximate surface area is 117 Å². The topological polar surface area (TPSA) is 67.8 Å². The van der Waals surface area contributed by atoms with Gasteiger partial charge in [-0.3, -0.25) is 4.79 Å². The summed E-state index contributed by atoms with van der Waals surface area (Å²) >= 11 is 17.2. The Morgan fingerprint density at radius 2 is 1.78 bits per heavy atom. The Hall–Kier alpha value is -1.43. The van der Waals surface area contributed by atoms with E-state index in [1.54, 1.807) is 0 Å². The molecule has 2 heterocycles. The van der Waals surface area contributed by atoms with Crippen LogP contribution in [0.3, 0.4) is 0 Å². The molecule has 18 heavy (non-hydrogen) atoms. The Kier molecular flexibility index (Phi) is 3.96. The van der Waals surface area contributed by atoms with Crippen LogP contribution in [-0.2, 0) is 0 Å². The maximum absolute atomic E-state index is 11.9. The lowest BCUT2D eigenvalue weighted by Crippen LogP contribution is -2.13. The van der Waals surface area contributed by atoms with Crippen LogP contribution in [0.4, 0.5) is 5.82 Å². The van der Waals surface area contributed by atoms with Gasteiger partial charge >= 0.3 is 0 Å². The minimum atomic E-state index is -0.459. The van der Waals surface area contributed by atoms with E-state index in [2.05, 4.69) is 20.3 Å². The summed E-state index contributed by atoms with van der Waals surface area (Å²) in [7, 11) is 0. The second-order valence-electron chi connectivity index (χ2n) is 3.17. The zero-order valence-electron chi connectivity index (χ0n) is 8.69. The van der Waals surface area contributed by atoms with Crippen LogP contribution in [0.2, 0.25) is 15.3 Å². The fourth-order valence-corrected chi connectivity index (χ4v) is 1.67. The van der Waals surface area contributed by atoms with Gasteiger partial charge in [0.1, 0.15) is 22.5 Å². The zero-order valence-corrected chi connectivity index (χ0v) is 11.0. The van der Waals surface area contributed by atoms with Gasteiger partial charge in [0.2, 0.25) is 0 Å². The molecule has 0 atom stereocenters. The van der Waals surface area contributed by atoms with Gasteiger partial charge in [-0.2, -0.15) is 0 Å².